The van der Waals surface area contributed by atoms with E-state index in [0.717, 1.165) is 24.6 Å². The van der Waals surface area contributed by atoms with Gasteiger partial charge in [0.15, 0.2) is 0 Å². The molecule has 36 heavy (non-hydrogen) atoms. The number of nitrogens with zero attached hydrogens (tertiary/aromatic N) is 6. The first-order valence-electron chi connectivity index (χ1n) is 12.3. The third-order valence-electron chi connectivity index (χ3n) is 6.63. The lowest BCUT2D eigenvalue weighted by Crippen LogP contribution is -2.47. The monoisotopic (exact) mass is 512 g/mol. The molecule has 0 bridgehead atoms. The molecule has 194 valence electrons. The molecule has 3 N–H and O–H groups in total. The minimum absolute atomic E-state index is 0.207. The summed E-state index contributed by atoms with van der Waals surface area (Å²) in [5.41, 5.74) is 7.92. The summed E-state index contributed by atoms with van der Waals surface area (Å²) < 4.78 is 9.26. The molecule has 1 fully saturated rings. The van der Waals surface area contributed by atoms with E-state index in [4.69, 9.17) is 10.5 Å². The number of nitrogens with two attached hydrogens (primary N) is 1. The fourth-order valence-corrected chi connectivity index (χ4v) is 5.30. The van der Waals surface area contributed by atoms with Gasteiger partial charge in [-0.2, -0.15) is 10.2 Å². The molecule has 0 radical (unpaired) electrons. The van der Waals surface area contributed by atoms with Crippen molar-refractivity contribution in [2.45, 2.75) is 58.2 Å². The van der Waals surface area contributed by atoms with Gasteiger partial charge in [0.05, 0.1) is 40.7 Å². The lowest BCUT2D eigenvalue weighted by atomic mass is 9.92. The smallest absolute Gasteiger partial charge is 0.314 e. The quantitative estimate of drug-likeness (QED) is 0.282. The first-order valence-corrected chi connectivity index (χ1v) is 16.0. The summed E-state index contributed by atoms with van der Waals surface area (Å²) in [4.78, 5) is 32.4. The lowest BCUT2D eigenvalue weighted by molar-refractivity contribution is -0.146. The number of nitrogen functional groups attached to an aromatic ring is 1. The van der Waals surface area contributed by atoms with Crippen molar-refractivity contribution >= 4 is 42.3 Å². The summed E-state index contributed by atoms with van der Waals surface area (Å²) in [6, 6.07) is 2.72. The number of hydrogen-bond acceptors (Lipinski definition) is 7. The van der Waals surface area contributed by atoms with Crippen LogP contribution in [0.25, 0.3) is 10.9 Å². The number of likely N-dealkylation sites (tertiary alicyclic amines) is 1. The first-order chi connectivity index (χ1) is 17.0. The van der Waals surface area contributed by atoms with Gasteiger partial charge in [-0.25, -0.2) is 9.67 Å². The van der Waals surface area contributed by atoms with Crippen LogP contribution < -0.4 is 11.1 Å². The number of rotatable bonds is 7. The highest BCUT2D eigenvalue weighted by atomic mass is 28.3. The number of fused-ring (bicyclic) bond motifs is 1. The second kappa shape index (κ2) is 10.4. The predicted octanol–water partition coefficient (Wildman–Crippen LogP) is 3.00. The Morgan fingerprint density at radius 1 is 1.22 bits per heavy atom. The molecule has 0 saturated carbocycles. The van der Waals surface area contributed by atoms with E-state index in [2.05, 4.69) is 47.1 Å². The third-order valence-corrected chi connectivity index (χ3v) is 8.34. The average molecular weight is 513 g/mol. The Bertz CT molecular complexity index is 1250. The van der Waals surface area contributed by atoms with Gasteiger partial charge in [0.25, 0.3) is 0 Å². The predicted molar refractivity (Wildman–Crippen MR) is 141 cm³/mol. The number of pyridine rings is 1. The summed E-state index contributed by atoms with van der Waals surface area (Å²) in [5.74, 6) is -0.721. The number of carbonyl (C=O) groups excluding carboxylic acids is 2. The zero-order valence-electron chi connectivity index (χ0n) is 21.7. The molecule has 0 aliphatic carbocycles. The highest BCUT2D eigenvalue weighted by Gasteiger charge is 2.35. The molecule has 4 heterocycles. The maximum atomic E-state index is 13.4. The van der Waals surface area contributed by atoms with E-state index in [1.165, 1.54) is 6.20 Å². The van der Waals surface area contributed by atoms with Crippen molar-refractivity contribution in [1.82, 2.24) is 29.4 Å². The number of piperidine rings is 1. The number of nitrogens with one attached hydrogen (secondary N) is 1. The van der Waals surface area contributed by atoms with Crippen molar-refractivity contribution in [1.29, 1.82) is 0 Å². The summed E-state index contributed by atoms with van der Waals surface area (Å²) in [5, 5.41) is 12.0. The van der Waals surface area contributed by atoms with E-state index >= 15 is 0 Å². The van der Waals surface area contributed by atoms with Crippen molar-refractivity contribution < 1.29 is 14.3 Å². The van der Waals surface area contributed by atoms with Crippen LogP contribution in [0.3, 0.4) is 0 Å². The molecule has 1 saturated heterocycles. The summed E-state index contributed by atoms with van der Waals surface area (Å²) in [6.07, 6.45) is 6.51. The second-order valence-corrected chi connectivity index (χ2v) is 16.4. The van der Waals surface area contributed by atoms with Crippen LogP contribution in [0.15, 0.2) is 24.7 Å². The Kier molecular flexibility index (Phi) is 7.45. The van der Waals surface area contributed by atoms with E-state index < -0.39 is 19.9 Å². The first kappa shape index (κ1) is 25.8. The highest BCUT2D eigenvalue weighted by Crippen LogP contribution is 2.33. The minimum Gasteiger partial charge on any atom is -0.383 e. The van der Waals surface area contributed by atoms with Gasteiger partial charge in [-0.1, -0.05) is 26.6 Å². The van der Waals surface area contributed by atoms with E-state index in [1.807, 2.05) is 13.1 Å². The zero-order valence-corrected chi connectivity index (χ0v) is 22.7. The number of carbonyl (C=O) groups is 2. The molecule has 2 atom stereocenters. The van der Waals surface area contributed by atoms with Crippen LogP contribution >= 0.6 is 0 Å². The van der Waals surface area contributed by atoms with Crippen LogP contribution in [0, 0.1) is 5.92 Å². The van der Waals surface area contributed by atoms with Crippen LogP contribution in [-0.2, 0) is 28.1 Å². The molecular formula is C24H36N8O3Si. The molecule has 12 heteroatoms. The number of anilines is 2. The van der Waals surface area contributed by atoms with Gasteiger partial charge in [-0.05, 0) is 30.9 Å². The molecule has 11 nitrogen and oxygen atoms in total. The van der Waals surface area contributed by atoms with Crippen molar-refractivity contribution in [2.75, 3.05) is 24.2 Å². The van der Waals surface area contributed by atoms with Gasteiger partial charge in [0.2, 0.25) is 0 Å². The Hall–Kier alpha value is -3.25. The van der Waals surface area contributed by atoms with Gasteiger partial charge < -0.3 is 20.7 Å². The molecule has 3 aromatic heterocycles. The summed E-state index contributed by atoms with van der Waals surface area (Å²) >= 11 is 0. The number of ether oxygens (including phenoxy) is 1. The normalized spacial score (nSPS) is 18.5. The largest absolute Gasteiger partial charge is 0.383 e. The van der Waals surface area contributed by atoms with Crippen LogP contribution in [0.5, 0.6) is 0 Å². The summed E-state index contributed by atoms with van der Waals surface area (Å²) in [6.45, 7) is 10.3. The average Bonchev–Trinajstić information content (AvgIpc) is 3.44. The fourth-order valence-electron chi connectivity index (χ4n) is 4.54. The standard InChI is InChI=1S/C24H36N8O3Si/c1-16-6-7-20(19-8-9-27-30(19)2)31(14-16)24(34)23(33)29-18-13-26-22(25)17-12-28-32(21(17)18)15-35-10-11-36(3,4)5/h8-9,12-13,16,20H,6-7,10-11,14-15H2,1-5H3,(H2,25,26)(H,29,33)/t16-,20+/m1/s1. The van der Waals surface area contributed by atoms with E-state index in [1.54, 1.807) is 26.7 Å². The van der Waals surface area contributed by atoms with Gasteiger partial charge in [0.1, 0.15) is 12.5 Å². The van der Waals surface area contributed by atoms with Crippen molar-refractivity contribution in [2.24, 2.45) is 13.0 Å². The number of amides is 2. The molecular weight excluding hydrogens is 476 g/mol. The lowest BCUT2D eigenvalue weighted by Gasteiger charge is -2.38. The molecule has 1 aliphatic heterocycles. The topological polar surface area (TPSA) is 133 Å². The van der Waals surface area contributed by atoms with Gasteiger partial charge in [-0.15, -0.1) is 0 Å². The Morgan fingerprint density at radius 3 is 2.69 bits per heavy atom. The zero-order chi connectivity index (χ0) is 26.0. The number of aromatic nitrogens is 5. The van der Waals surface area contributed by atoms with Crippen LogP contribution in [-0.4, -0.2) is 62.5 Å². The van der Waals surface area contributed by atoms with Crippen LogP contribution in [0.2, 0.25) is 25.7 Å². The minimum atomic E-state index is -1.23. The molecule has 4 rings (SSSR count). The van der Waals surface area contributed by atoms with Crippen LogP contribution in [0.1, 0.15) is 31.5 Å². The number of aryl methyl sites for hydroxylation is 1. The second-order valence-electron chi connectivity index (χ2n) is 10.8. The maximum absolute atomic E-state index is 13.4. The van der Waals surface area contributed by atoms with E-state index in [9.17, 15) is 9.59 Å². The molecule has 0 unspecified atom stereocenters. The highest BCUT2D eigenvalue weighted by molar-refractivity contribution is 6.76. The molecule has 3 aromatic rings. The van der Waals surface area contributed by atoms with Gasteiger partial charge >= 0.3 is 11.8 Å². The van der Waals surface area contributed by atoms with E-state index in [-0.39, 0.29) is 12.8 Å². The Morgan fingerprint density at radius 2 is 2.00 bits per heavy atom. The summed E-state index contributed by atoms with van der Waals surface area (Å²) in [7, 11) is 0.620. The van der Waals surface area contributed by atoms with E-state index in [0.29, 0.717) is 41.5 Å². The number of hydrogen-bond donors (Lipinski definition) is 2. The van der Waals surface area contributed by atoms with Crippen molar-refractivity contribution in [3.05, 3.63) is 30.4 Å². The maximum Gasteiger partial charge on any atom is 0.314 e. The van der Waals surface area contributed by atoms with Crippen molar-refractivity contribution in [3.8, 4) is 0 Å². The third kappa shape index (κ3) is 5.59. The fraction of sp³-hybridized carbons (Fsp3) is 0.542. The molecule has 0 spiro atoms. The van der Waals surface area contributed by atoms with Gasteiger partial charge in [0, 0.05) is 34.5 Å². The SMILES string of the molecule is C[C@@H]1CC[C@@H](c2ccnn2C)N(C(=O)C(=O)Nc2cnc(N)c3cnn(COCC[Si](C)(C)C)c23)C1. The van der Waals surface area contributed by atoms with Crippen LogP contribution in [0.4, 0.5) is 11.5 Å². The van der Waals surface area contributed by atoms with Crippen molar-refractivity contribution in [3.63, 3.8) is 0 Å². The Labute approximate surface area is 212 Å². The molecule has 0 aromatic carbocycles. The van der Waals surface area contributed by atoms with Gasteiger partial charge in [-0.3, -0.25) is 14.3 Å². The molecule has 2 amide bonds. The Balaban J connectivity index is 1.54. The molecule has 1 aliphatic rings.